The van der Waals surface area contributed by atoms with E-state index in [2.05, 4.69) is 17.0 Å². The molecule has 156 valence electrons. The Morgan fingerprint density at radius 3 is 2.37 bits per heavy atom. The van der Waals surface area contributed by atoms with Crippen molar-refractivity contribution in [3.05, 3.63) is 59.7 Å². The largest absolute Gasteiger partial charge is 0.507 e. The second-order valence-corrected chi connectivity index (χ2v) is 7.96. The number of amides is 2. The molecule has 4 rings (SSSR count). The van der Waals surface area contributed by atoms with Crippen LogP contribution < -0.4 is 4.90 Å². The summed E-state index contributed by atoms with van der Waals surface area (Å²) in [5, 5.41) is 19.0. The summed E-state index contributed by atoms with van der Waals surface area (Å²) < 4.78 is 0. The van der Waals surface area contributed by atoms with Gasteiger partial charge in [-0.3, -0.25) is 14.5 Å². The third kappa shape index (κ3) is 3.93. The molecule has 30 heavy (non-hydrogen) atoms. The molecule has 1 atom stereocenters. The van der Waals surface area contributed by atoms with Crippen LogP contribution in [0.5, 0.6) is 5.75 Å². The number of carboxylic acid groups (broad SMARTS) is 1. The van der Waals surface area contributed by atoms with E-state index in [1.165, 1.54) is 17.7 Å². The predicted molar refractivity (Wildman–Crippen MR) is 110 cm³/mol. The number of benzene rings is 2. The third-order valence-electron chi connectivity index (χ3n) is 6.05. The lowest BCUT2D eigenvalue weighted by atomic mass is 9.89. The Bertz CT molecular complexity index is 967. The first-order valence-corrected chi connectivity index (χ1v) is 10.1. The van der Waals surface area contributed by atoms with Gasteiger partial charge in [-0.15, -0.1) is 0 Å². The van der Waals surface area contributed by atoms with Crippen LogP contribution in [0.3, 0.4) is 0 Å². The maximum Gasteiger partial charge on any atom is 0.339 e. The van der Waals surface area contributed by atoms with Gasteiger partial charge in [0.15, 0.2) is 0 Å². The van der Waals surface area contributed by atoms with E-state index in [1.807, 2.05) is 18.2 Å². The molecule has 0 spiro atoms. The van der Waals surface area contributed by atoms with Crippen LogP contribution in [-0.4, -0.2) is 52.0 Å². The molecule has 0 aromatic heterocycles. The molecule has 2 N–H and O–H groups in total. The van der Waals surface area contributed by atoms with Gasteiger partial charge in [-0.2, -0.15) is 0 Å². The molecule has 0 saturated carbocycles. The normalized spacial score (nSPS) is 20.7. The number of hydrogen-bond acceptors (Lipinski definition) is 5. The zero-order valence-corrected chi connectivity index (χ0v) is 16.5. The number of carbonyl (C=O) groups is 3. The molecule has 2 fully saturated rings. The predicted octanol–water partition coefficient (Wildman–Crippen LogP) is 2.68. The van der Waals surface area contributed by atoms with E-state index >= 15 is 0 Å². The lowest BCUT2D eigenvalue weighted by Crippen LogP contribution is -2.46. The molecule has 7 nitrogen and oxygen atoms in total. The van der Waals surface area contributed by atoms with Crippen LogP contribution in [0.2, 0.25) is 0 Å². The molecule has 0 radical (unpaired) electrons. The lowest BCUT2D eigenvalue weighted by molar-refractivity contribution is -0.123. The number of piperidine rings is 1. The number of nitrogens with zero attached hydrogens (tertiary/aromatic N) is 2. The van der Waals surface area contributed by atoms with Crippen molar-refractivity contribution in [2.45, 2.75) is 31.7 Å². The summed E-state index contributed by atoms with van der Waals surface area (Å²) in [7, 11) is 0. The first kappa shape index (κ1) is 20.1. The van der Waals surface area contributed by atoms with Crippen LogP contribution in [-0.2, 0) is 16.0 Å². The smallest absolute Gasteiger partial charge is 0.339 e. The van der Waals surface area contributed by atoms with Gasteiger partial charge in [0.1, 0.15) is 11.3 Å². The van der Waals surface area contributed by atoms with Gasteiger partial charge < -0.3 is 10.2 Å². The van der Waals surface area contributed by atoms with E-state index in [0.717, 1.165) is 43.3 Å². The van der Waals surface area contributed by atoms with Crippen molar-refractivity contribution in [1.82, 2.24) is 4.90 Å². The van der Waals surface area contributed by atoms with E-state index in [-0.39, 0.29) is 29.5 Å². The number of aromatic hydroxyl groups is 1. The van der Waals surface area contributed by atoms with E-state index in [1.54, 1.807) is 0 Å². The van der Waals surface area contributed by atoms with Crippen LogP contribution in [0.15, 0.2) is 48.5 Å². The average molecular weight is 408 g/mol. The molecule has 0 aliphatic carbocycles. The molecule has 2 aromatic rings. The van der Waals surface area contributed by atoms with Crippen molar-refractivity contribution in [3.8, 4) is 5.75 Å². The van der Waals surface area contributed by atoms with Crippen LogP contribution in [0, 0.1) is 5.92 Å². The molecule has 2 amide bonds. The van der Waals surface area contributed by atoms with Gasteiger partial charge in [0.05, 0.1) is 18.2 Å². The summed E-state index contributed by atoms with van der Waals surface area (Å²) >= 11 is 0. The minimum Gasteiger partial charge on any atom is -0.507 e. The van der Waals surface area contributed by atoms with Crippen LogP contribution in [0.1, 0.15) is 35.2 Å². The van der Waals surface area contributed by atoms with Crippen LogP contribution in [0.4, 0.5) is 5.69 Å². The van der Waals surface area contributed by atoms with E-state index in [4.69, 9.17) is 5.11 Å². The molecule has 2 heterocycles. The van der Waals surface area contributed by atoms with Gasteiger partial charge in [0, 0.05) is 6.07 Å². The van der Waals surface area contributed by atoms with E-state index in [9.17, 15) is 19.5 Å². The molecular weight excluding hydrogens is 384 g/mol. The quantitative estimate of drug-likeness (QED) is 0.738. The highest BCUT2D eigenvalue weighted by atomic mass is 16.4. The number of carbonyl (C=O) groups excluding carboxylic acids is 2. The molecule has 0 bridgehead atoms. The first-order valence-electron chi connectivity index (χ1n) is 10.1. The van der Waals surface area contributed by atoms with Crippen molar-refractivity contribution in [1.29, 1.82) is 0 Å². The Morgan fingerprint density at radius 1 is 1.03 bits per heavy atom. The van der Waals surface area contributed by atoms with Crippen molar-refractivity contribution in [2.75, 3.05) is 18.0 Å². The first-order chi connectivity index (χ1) is 14.4. The molecule has 2 aliphatic heterocycles. The highest BCUT2D eigenvalue weighted by Crippen LogP contribution is 2.32. The summed E-state index contributed by atoms with van der Waals surface area (Å²) in [6, 6.07) is 13.6. The summed E-state index contributed by atoms with van der Waals surface area (Å²) in [6.07, 6.45) is 3.07. The summed E-state index contributed by atoms with van der Waals surface area (Å²) in [5.74, 6) is -1.82. The molecule has 2 saturated heterocycles. The lowest BCUT2D eigenvalue weighted by Gasteiger charge is -2.34. The summed E-state index contributed by atoms with van der Waals surface area (Å²) in [6.45, 7) is 1.52. The Balaban J connectivity index is 1.41. The number of rotatable bonds is 5. The third-order valence-corrected chi connectivity index (χ3v) is 6.05. The average Bonchev–Trinajstić information content (AvgIpc) is 3.03. The van der Waals surface area contributed by atoms with Gasteiger partial charge in [-0.1, -0.05) is 30.3 Å². The standard InChI is InChI=1S/C23H24N2O5/c26-20-13-17(6-7-18(20)23(29)30)25-21(27)14-19(22(25)28)24-10-8-16(9-11-24)12-15-4-2-1-3-5-15/h1-7,13,16,19,26H,8-12,14H2,(H,29,30). The maximum absolute atomic E-state index is 13.0. The Morgan fingerprint density at radius 2 is 1.73 bits per heavy atom. The second kappa shape index (κ2) is 8.28. The minimum atomic E-state index is -1.27. The molecule has 1 unspecified atom stereocenters. The zero-order valence-electron chi connectivity index (χ0n) is 16.5. The number of imide groups is 1. The number of hydrogen-bond donors (Lipinski definition) is 2. The Hall–Kier alpha value is -3.19. The van der Waals surface area contributed by atoms with Gasteiger partial charge in [0.2, 0.25) is 5.91 Å². The molecule has 2 aromatic carbocycles. The Labute approximate surface area is 174 Å². The topological polar surface area (TPSA) is 98.2 Å². The molecule has 7 heteroatoms. The fourth-order valence-corrected chi connectivity index (χ4v) is 4.43. The Kier molecular flexibility index (Phi) is 5.55. The van der Waals surface area contributed by atoms with Crippen molar-refractivity contribution in [3.63, 3.8) is 0 Å². The van der Waals surface area contributed by atoms with Gasteiger partial charge >= 0.3 is 5.97 Å². The van der Waals surface area contributed by atoms with Crippen molar-refractivity contribution < 1.29 is 24.6 Å². The van der Waals surface area contributed by atoms with Crippen LogP contribution in [0.25, 0.3) is 0 Å². The van der Waals surface area contributed by atoms with E-state index in [0.29, 0.717) is 5.92 Å². The minimum absolute atomic E-state index is 0.101. The SMILES string of the molecule is O=C(O)c1ccc(N2C(=O)CC(N3CCC(Cc4ccccc4)CC3)C2=O)cc1O. The van der Waals surface area contributed by atoms with Gasteiger partial charge in [-0.05, 0) is 56.0 Å². The molecule has 2 aliphatic rings. The van der Waals surface area contributed by atoms with Gasteiger partial charge in [-0.25, -0.2) is 9.69 Å². The van der Waals surface area contributed by atoms with Crippen LogP contribution >= 0.6 is 0 Å². The number of likely N-dealkylation sites (tertiary alicyclic amines) is 1. The number of anilines is 1. The number of carboxylic acids is 1. The fourth-order valence-electron chi connectivity index (χ4n) is 4.43. The monoisotopic (exact) mass is 408 g/mol. The highest BCUT2D eigenvalue weighted by molar-refractivity contribution is 6.22. The fraction of sp³-hybridized carbons (Fsp3) is 0.348. The summed E-state index contributed by atoms with van der Waals surface area (Å²) in [5.41, 5.74) is 1.25. The molecular formula is C23H24N2O5. The number of aromatic carboxylic acids is 1. The van der Waals surface area contributed by atoms with Crippen molar-refractivity contribution in [2.24, 2.45) is 5.92 Å². The van der Waals surface area contributed by atoms with Gasteiger partial charge in [0.25, 0.3) is 5.91 Å². The highest BCUT2D eigenvalue weighted by Gasteiger charge is 2.43. The van der Waals surface area contributed by atoms with Crippen molar-refractivity contribution >= 4 is 23.5 Å². The number of phenols is 1. The zero-order chi connectivity index (χ0) is 21.3. The second-order valence-electron chi connectivity index (χ2n) is 7.96. The maximum atomic E-state index is 13.0. The van der Waals surface area contributed by atoms with E-state index < -0.39 is 17.8 Å². The summed E-state index contributed by atoms with van der Waals surface area (Å²) in [4.78, 5) is 39.7.